The van der Waals surface area contributed by atoms with Gasteiger partial charge in [0.25, 0.3) is 10.0 Å². The van der Waals surface area contributed by atoms with E-state index in [2.05, 4.69) is 4.72 Å². The summed E-state index contributed by atoms with van der Waals surface area (Å²) in [5.41, 5.74) is 2.21. The molecule has 0 aliphatic rings. The van der Waals surface area contributed by atoms with Crippen molar-refractivity contribution >= 4 is 42.9 Å². The van der Waals surface area contributed by atoms with Crippen molar-refractivity contribution in [2.75, 3.05) is 4.72 Å². The lowest BCUT2D eigenvalue weighted by molar-refractivity contribution is 0.0696. The largest absolute Gasteiger partial charge is 0.478 e. The molecule has 7 nitrogen and oxygen atoms in total. The van der Waals surface area contributed by atoms with Crippen LogP contribution in [-0.2, 0) is 32.7 Å². The van der Waals surface area contributed by atoms with Gasteiger partial charge in [0.1, 0.15) is 4.90 Å². The first kappa shape index (κ1) is 24.6. The number of aromatic carboxylic acids is 1. The zero-order valence-electron chi connectivity index (χ0n) is 18.3. The fourth-order valence-corrected chi connectivity index (χ4v) is 8.17. The Morgan fingerprint density at radius 3 is 2.14 bits per heavy atom. The number of sulfonamides is 1. The Morgan fingerprint density at radius 1 is 0.800 bits per heavy atom. The van der Waals surface area contributed by atoms with Crippen LogP contribution in [0.4, 0.5) is 5.69 Å². The van der Waals surface area contributed by atoms with Gasteiger partial charge in [-0.25, -0.2) is 21.6 Å². The topological polar surface area (TPSA) is 118 Å². The molecule has 4 aromatic rings. The first-order valence-electron chi connectivity index (χ1n) is 10.5. The molecular weight excluding hydrogens is 506 g/mol. The van der Waals surface area contributed by atoms with E-state index in [9.17, 15) is 21.6 Å². The normalized spacial score (nSPS) is 11.8. The van der Waals surface area contributed by atoms with Gasteiger partial charge < -0.3 is 5.11 Å². The average Bonchev–Trinajstić information content (AvgIpc) is 3.36. The molecule has 1 aromatic heterocycles. The number of anilines is 1. The third-order valence-corrected chi connectivity index (χ3v) is 10.2. The number of rotatable bonds is 9. The van der Waals surface area contributed by atoms with Gasteiger partial charge in [-0.15, -0.1) is 11.3 Å². The van der Waals surface area contributed by atoms with Crippen LogP contribution in [0.25, 0.3) is 0 Å². The van der Waals surface area contributed by atoms with E-state index in [-0.39, 0.29) is 19.6 Å². The van der Waals surface area contributed by atoms with Crippen molar-refractivity contribution in [1.82, 2.24) is 0 Å². The molecule has 0 aliphatic carbocycles. The van der Waals surface area contributed by atoms with Gasteiger partial charge in [0, 0.05) is 5.69 Å². The molecule has 180 valence electrons. The molecule has 0 bridgehead atoms. The lowest BCUT2D eigenvalue weighted by atomic mass is 10.0. The Kier molecular flexibility index (Phi) is 7.06. The minimum absolute atomic E-state index is 0.0174. The van der Waals surface area contributed by atoms with Crippen LogP contribution >= 0.6 is 11.3 Å². The number of aryl methyl sites for hydroxylation is 2. The van der Waals surface area contributed by atoms with Gasteiger partial charge in [-0.05, 0) is 71.8 Å². The number of nitrogens with one attached hydrogen (secondary N) is 1. The van der Waals surface area contributed by atoms with Gasteiger partial charge in [-0.1, -0.05) is 42.5 Å². The first-order valence-corrected chi connectivity index (χ1v) is 14.3. The molecule has 0 amide bonds. The molecule has 35 heavy (non-hydrogen) atoms. The van der Waals surface area contributed by atoms with Crippen LogP contribution in [0.3, 0.4) is 0 Å². The van der Waals surface area contributed by atoms with Gasteiger partial charge in [0.05, 0.1) is 10.5 Å². The van der Waals surface area contributed by atoms with Crippen LogP contribution < -0.4 is 4.72 Å². The summed E-state index contributed by atoms with van der Waals surface area (Å²) in [5.74, 6) is -0.995. The van der Waals surface area contributed by atoms with E-state index in [0.717, 1.165) is 22.5 Å². The van der Waals surface area contributed by atoms with Crippen molar-refractivity contribution < 1.29 is 26.7 Å². The second kappa shape index (κ2) is 10.0. The summed E-state index contributed by atoms with van der Waals surface area (Å²) in [4.78, 5) is 10.9. The molecule has 0 saturated heterocycles. The maximum atomic E-state index is 13.1. The predicted molar refractivity (Wildman–Crippen MR) is 134 cm³/mol. The number of carboxylic acids is 1. The van der Waals surface area contributed by atoms with Crippen molar-refractivity contribution in [3.63, 3.8) is 0 Å². The number of thiophene rings is 1. The predicted octanol–water partition coefficient (Wildman–Crippen LogP) is 4.87. The number of hydrogen-bond acceptors (Lipinski definition) is 6. The highest BCUT2D eigenvalue weighted by Crippen LogP contribution is 2.32. The van der Waals surface area contributed by atoms with Crippen LogP contribution in [0.15, 0.2) is 104 Å². The minimum Gasteiger partial charge on any atom is -0.478 e. The molecule has 0 fully saturated rings. The number of carboxylic acid groups (broad SMARTS) is 1. The highest BCUT2D eigenvalue weighted by molar-refractivity contribution is 7.96. The van der Waals surface area contributed by atoms with Crippen LogP contribution in [-0.4, -0.2) is 27.9 Å². The number of sulfone groups is 1. The summed E-state index contributed by atoms with van der Waals surface area (Å²) in [6, 6.07) is 22.5. The standard InChI is InChI=1S/C25H21NO6S3/c27-24(28)20-8-4-6-18(16-20)12-13-19-7-5-9-21(17-19)26-35(31,32)25-23(14-15-33-25)34(29,30)22-10-2-1-3-11-22/h1-11,14-17,26H,12-13H2,(H,27,28). The lowest BCUT2D eigenvalue weighted by Gasteiger charge is -2.11. The Morgan fingerprint density at radius 2 is 1.46 bits per heavy atom. The molecular formula is C25H21NO6S3. The first-order chi connectivity index (χ1) is 16.7. The lowest BCUT2D eigenvalue weighted by Crippen LogP contribution is -2.15. The summed E-state index contributed by atoms with van der Waals surface area (Å²) >= 11 is 0.835. The Labute approximate surface area is 207 Å². The van der Waals surface area contributed by atoms with Crippen LogP contribution in [0, 0.1) is 0 Å². The third-order valence-electron chi connectivity index (χ3n) is 5.24. The third kappa shape index (κ3) is 5.61. The Bertz CT molecular complexity index is 1580. The zero-order valence-corrected chi connectivity index (χ0v) is 20.7. The molecule has 0 radical (unpaired) electrons. The molecule has 3 aromatic carbocycles. The van der Waals surface area contributed by atoms with Gasteiger partial charge in [-0.3, -0.25) is 4.72 Å². The molecule has 1 heterocycles. The Hall–Kier alpha value is -3.47. The molecule has 2 N–H and O–H groups in total. The van der Waals surface area contributed by atoms with E-state index >= 15 is 0 Å². The summed E-state index contributed by atoms with van der Waals surface area (Å²) < 4.78 is 54.5. The fraction of sp³-hybridized carbons (Fsp3) is 0.0800. The van der Waals surface area contributed by atoms with Crippen molar-refractivity contribution in [1.29, 1.82) is 0 Å². The van der Waals surface area contributed by atoms with E-state index in [0.29, 0.717) is 18.5 Å². The second-order valence-electron chi connectivity index (χ2n) is 7.70. The summed E-state index contributed by atoms with van der Waals surface area (Å²) in [5, 5.41) is 10.6. The molecule has 0 saturated carbocycles. The SMILES string of the molecule is O=C(O)c1cccc(CCc2cccc(NS(=O)(=O)c3sccc3S(=O)(=O)c3ccccc3)c2)c1. The maximum absolute atomic E-state index is 13.1. The summed E-state index contributed by atoms with van der Waals surface area (Å²) in [6.07, 6.45) is 1.13. The maximum Gasteiger partial charge on any atom is 0.335 e. The minimum atomic E-state index is -4.17. The van der Waals surface area contributed by atoms with Gasteiger partial charge >= 0.3 is 5.97 Å². The summed E-state index contributed by atoms with van der Waals surface area (Å²) in [7, 11) is -8.18. The Balaban J connectivity index is 1.54. The molecule has 0 aliphatic heterocycles. The molecule has 4 rings (SSSR count). The quantitative estimate of drug-likeness (QED) is 0.321. The van der Waals surface area contributed by atoms with Gasteiger partial charge in [-0.2, -0.15) is 0 Å². The molecule has 10 heteroatoms. The van der Waals surface area contributed by atoms with Crippen molar-refractivity contribution in [3.05, 3.63) is 107 Å². The highest BCUT2D eigenvalue weighted by Gasteiger charge is 2.29. The van der Waals surface area contributed by atoms with Crippen LogP contribution in [0.1, 0.15) is 21.5 Å². The molecule has 0 spiro atoms. The van der Waals surface area contributed by atoms with Gasteiger partial charge in [0.15, 0.2) is 4.21 Å². The smallest absolute Gasteiger partial charge is 0.335 e. The number of carbonyl (C=O) groups is 1. The fourth-order valence-electron chi connectivity index (χ4n) is 3.55. The van der Waals surface area contributed by atoms with Crippen LogP contribution in [0.5, 0.6) is 0 Å². The molecule has 0 unspecified atom stereocenters. The van der Waals surface area contributed by atoms with E-state index in [1.165, 1.54) is 29.6 Å². The summed E-state index contributed by atoms with van der Waals surface area (Å²) in [6.45, 7) is 0. The van der Waals surface area contributed by atoms with E-state index in [1.807, 2.05) is 12.1 Å². The van der Waals surface area contributed by atoms with Crippen molar-refractivity contribution in [2.45, 2.75) is 26.8 Å². The van der Waals surface area contributed by atoms with E-state index in [4.69, 9.17) is 5.11 Å². The van der Waals surface area contributed by atoms with E-state index in [1.54, 1.807) is 48.5 Å². The zero-order chi connectivity index (χ0) is 25.1. The second-order valence-corrected chi connectivity index (χ2v) is 12.4. The van der Waals surface area contributed by atoms with Crippen LogP contribution in [0.2, 0.25) is 0 Å². The monoisotopic (exact) mass is 527 g/mol. The average molecular weight is 528 g/mol. The van der Waals surface area contributed by atoms with Crippen molar-refractivity contribution in [3.8, 4) is 0 Å². The van der Waals surface area contributed by atoms with Crippen molar-refractivity contribution in [2.24, 2.45) is 0 Å². The van der Waals surface area contributed by atoms with E-state index < -0.39 is 25.8 Å². The number of benzene rings is 3. The van der Waals surface area contributed by atoms with Gasteiger partial charge in [0.2, 0.25) is 9.84 Å². The highest BCUT2D eigenvalue weighted by atomic mass is 32.2. The number of hydrogen-bond donors (Lipinski definition) is 2. The molecule has 0 atom stereocenters.